The summed E-state index contributed by atoms with van der Waals surface area (Å²) < 4.78 is 2.85. The second-order valence-electron chi connectivity index (χ2n) is 7.31. The van der Waals surface area contributed by atoms with Gasteiger partial charge in [0.2, 0.25) is 0 Å². The Morgan fingerprint density at radius 3 is 2.26 bits per heavy atom. The molecule has 2 heterocycles. The van der Waals surface area contributed by atoms with Gasteiger partial charge in [-0.15, -0.1) is 0 Å². The molecule has 0 bridgehead atoms. The van der Waals surface area contributed by atoms with Crippen LogP contribution in [0.3, 0.4) is 0 Å². The van der Waals surface area contributed by atoms with Crippen molar-refractivity contribution in [1.82, 2.24) is 20.0 Å². The first kappa shape index (κ1) is 19.1. The highest BCUT2D eigenvalue weighted by Gasteiger charge is 2.15. The minimum absolute atomic E-state index is 0.162. The lowest BCUT2D eigenvalue weighted by Crippen LogP contribution is -2.40. The molecule has 0 aliphatic rings. The minimum atomic E-state index is -0.309. The van der Waals surface area contributed by atoms with Crippen molar-refractivity contribution < 1.29 is 9.59 Å². The SMILES string of the molecule is CC(C)(C)NC(=O)c1ccc(C(=O)NCc2cn3cc(Br)ccc3n2)cc1. The molecule has 7 heteroatoms. The Morgan fingerprint density at radius 2 is 1.63 bits per heavy atom. The van der Waals surface area contributed by atoms with Crippen LogP contribution in [0.2, 0.25) is 0 Å². The maximum atomic E-state index is 12.3. The van der Waals surface area contributed by atoms with E-state index in [4.69, 9.17) is 0 Å². The molecule has 0 fully saturated rings. The number of nitrogens with one attached hydrogen (secondary N) is 2. The number of carbonyl (C=O) groups is 2. The maximum absolute atomic E-state index is 12.3. The van der Waals surface area contributed by atoms with Crippen LogP contribution in [0, 0.1) is 0 Å². The highest BCUT2D eigenvalue weighted by Crippen LogP contribution is 2.13. The predicted octanol–water partition coefficient (Wildman–Crippen LogP) is 3.56. The van der Waals surface area contributed by atoms with Gasteiger partial charge in [0.1, 0.15) is 5.65 Å². The van der Waals surface area contributed by atoms with E-state index in [1.165, 1.54) is 0 Å². The number of benzene rings is 1. The molecule has 6 nitrogen and oxygen atoms in total. The molecule has 2 amide bonds. The number of imidazole rings is 1. The first-order valence-corrected chi connectivity index (χ1v) is 9.34. The van der Waals surface area contributed by atoms with Crippen LogP contribution in [0.1, 0.15) is 47.2 Å². The fraction of sp³-hybridized carbons (Fsp3) is 0.250. The van der Waals surface area contributed by atoms with Crippen molar-refractivity contribution in [2.24, 2.45) is 0 Å². The molecule has 0 aliphatic heterocycles. The summed E-state index contributed by atoms with van der Waals surface area (Å²) in [6.07, 6.45) is 3.79. The molecule has 3 aromatic rings. The van der Waals surface area contributed by atoms with Gasteiger partial charge in [0.05, 0.1) is 12.2 Å². The lowest BCUT2D eigenvalue weighted by molar-refractivity contribution is 0.0915. The highest BCUT2D eigenvalue weighted by molar-refractivity contribution is 9.10. The Kier molecular flexibility index (Phi) is 5.32. The molecular formula is C20H21BrN4O2. The third-order valence-electron chi connectivity index (χ3n) is 3.79. The number of pyridine rings is 1. The Balaban J connectivity index is 1.62. The van der Waals surface area contributed by atoms with Gasteiger partial charge in [0.25, 0.3) is 11.8 Å². The van der Waals surface area contributed by atoms with E-state index in [0.717, 1.165) is 15.8 Å². The fourth-order valence-corrected chi connectivity index (χ4v) is 2.91. The molecule has 0 spiro atoms. The van der Waals surface area contributed by atoms with E-state index in [1.807, 2.05) is 49.7 Å². The number of aromatic nitrogens is 2. The molecule has 0 unspecified atom stereocenters. The predicted molar refractivity (Wildman–Crippen MR) is 108 cm³/mol. The zero-order chi connectivity index (χ0) is 19.6. The second-order valence-corrected chi connectivity index (χ2v) is 8.22. The average molecular weight is 429 g/mol. The van der Waals surface area contributed by atoms with Gasteiger partial charge < -0.3 is 15.0 Å². The van der Waals surface area contributed by atoms with Crippen molar-refractivity contribution in [3.8, 4) is 0 Å². The highest BCUT2D eigenvalue weighted by atomic mass is 79.9. The summed E-state index contributed by atoms with van der Waals surface area (Å²) in [7, 11) is 0. The standard InChI is InChI=1S/C20H21BrN4O2/c1-20(2,3)24-19(27)14-6-4-13(5-7-14)18(26)22-10-16-12-25-11-15(21)8-9-17(25)23-16/h4-9,11-12H,10H2,1-3H3,(H,22,26)(H,24,27). The fourth-order valence-electron chi connectivity index (χ4n) is 2.56. The van der Waals surface area contributed by atoms with Crippen LogP contribution >= 0.6 is 15.9 Å². The quantitative estimate of drug-likeness (QED) is 0.666. The van der Waals surface area contributed by atoms with E-state index in [0.29, 0.717) is 17.7 Å². The summed E-state index contributed by atoms with van der Waals surface area (Å²) in [6, 6.07) is 10.4. The molecular weight excluding hydrogens is 408 g/mol. The normalized spacial score (nSPS) is 11.4. The van der Waals surface area contributed by atoms with Crippen LogP contribution in [-0.4, -0.2) is 26.7 Å². The Labute approximate surface area is 166 Å². The molecule has 0 radical (unpaired) electrons. The Hall–Kier alpha value is -2.67. The van der Waals surface area contributed by atoms with E-state index < -0.39 is 0 Å². The third-order valence-corrected chi connectivity index (χ3v) is 4.26. The van der Waals surface area contributed by atoms with E-state index in [9.17, 15) is 9.59 Å². The van der Waals surface area contributed by atoms with Gasteiger partial charge in [-0.05, 0) is 73.1 Å². The van der Waals surface area contributed by atoms with E-state index in [-0.39, 0.29) is 17.4 Å². The summed E-state index contributed by atoms with van der Waals surface area (Å²) in [6.45, 7) is 6.09. The van der Waals surface area contributed by atoms with Crippen LogP contribution in [0.5, 0.6) is 0 Å². The van der Waals surface area contributed by atoms with Crippen LogP contribution in [0.4, 0.5) is 0 Å². The van der Waals surface area contributed by atoms with Crippen molar-refractivity contribution in [2.75, 3.05) is 0 Å². The van der Waals surface area contributed by atoms with Crippen molar-refractivity contribution in [1.29, 1.82) is 0 Å². The third kappa shape index (κ3) is 4.95. The Morgan fingerprint density at radius 1 is 1.00 bits per heavy atom. The number of amides is 2. The van der Waals surface area contributed by atoms with E-state index >= 15 is 0 Å². The number of carbonyl (C=O) groups excluding carboxylic acids is 2. The molecule has 0 saturated carbocycles. The second kappa shape index (κ2) is 7.52. The number of hydrogen-bond donors (Lipinski definition) is 2. The molecule has 3 rings (SSSR count). The lowest BCUT2D eigenvalue weighted by atomic mass is 10.1. The van der Waals surface area contributed by atoms with Crippen LogP contribution in [0.15, 0.2) is 53.3 Å². The topological polar surface area (TPSA) is 75.5 Å². The van der Waals surface area contributed by atoms with Crippen LogP contribution in [0.25, 0.3) is 5.65 Å². The zero-order valence-electron chi connectivity index (χ0n) is 15.4. The maximum Gasteiger partial charge on any atom is 0.251 e. The number of halogens is 1. The van der Waals surface area contributed by atoms with Gasteiger partial charge in [0, 0.05) is 33.5 Å². The molecule has 2 N–H and O–H groups in total. The molecule has 140 valence electrons. The summed E-state index contributed by atoms with van der Waals surface area (Å²) >= 11 is 3.42. The molecule has 27 heavy (non-hydrogen) atoms. The number of rotatable bonds is 4. The molecule has 0 atom stereocenters. The van der Waals surface area contributed by atoms with Gasteiger partial charge in [-0.2, -0.15) is 0 Å². The first-order chi connectivity index (χ1) is 12.7. The Bertz CT molecular complexity index is 987. The average Bonchev–Trinajstić information content (AvgIpc) is 3.00. The first-order valence-electron chi connectivity index (χ1n) is 8.55. The van der Waals surface area contributed by atoms with Gasteiger partial charge >= 0.3 is 0 Å². The minimum Gasteiger partial charge on any atom is -0.347 e. The molecule has 0 aliphatic carbocycles. The zero-order valence-corrected chi connectivity index (χ0v) is 17.0. The smallest absolute Gasteiger partial charge is 0.251 e. The number of hydrogen-bond acceptors (Lipinski definition) is 3. The van der Waals surface area contributed by atoms with Crippen molar-refractivity contribution in [3.63, 3.8) is 0 Å². The number of nitrogens with zero attached hydrogens (tertiary/aromatic N) is 2. The molecule has 0 saturated heterocycles. The summed E-state index contributed by atoms with van der Waals surface area (Å²) in [4.78, 5) is 28.9. The largest absolute Gasteiger partial charge is 0.347 e. The van der Waals surface area contributed by atoms with Crippen molar-refractivity contribution in [3.05, 3.63) is 70.1 Å². The van der Waals surface area contributed by atoms with Crippen molar-refractivity contribution in [2.45, 2.75) is 32.9 Å². The van der Waals surface area contributed by atoms with Gasteiger partial charge in [-0.3, -0.25) is 9.59 Å². The monoisotopic (exact) mass is 428 g/mol. The van der Waals surface area contributed by atoms with E-state index in [2.05, 4.69) is 31.5 Å². The van der Waals surface area contributed by atoms with Gasteiger partial charge in [0.15, 0.2) is 0 Å². The summed E-state index contributed by atoms with van der Waals surface area (Å²) in [5, 5.41) is 5.74. The number of fused-ring (bicyclic) bond motifs is 1. The van der Waals surface area contributed by atoms with Crippen molar-refractivity contribution >= 4 is 33.4 Å². The molecule has 2 aromatic heterocycles. The molecule has 1 aromatic carbocycles. The summed E-state index contributed by atoms with van der Waals surface area (Å²) in [5.41, 5.74) is 2.29. The van der Waals surface area contributed by atoms with Gasteiger partial charge in [-0.25, -0.2) is 4.98 Å². The van der Waals surface area contributed by atoms with Crippen LogP contribution in [-0.2, 0) is 6.54 Å². The van der Waals surface area contributed by atoms with E-state index in [1.54, 1.807) is 24.3 Å². The summed E-state index contributed by atoms with van der Waals surface area (Å²) in [5.74, 6) is -0.374. The lowest BCUT2D eigenvalue weighted by Gasteiger charge is -2.20. The van der Waals surface area contributed by atoms with Crippen LogP contribution < -0.4 is 10.6 Å². The van der Waals surface area contributed by atoms with Gasteiger partial charge in [-0.1, -0.05) is 0 Å².